The average Bonchev–Trinajstić information content (AvgIpc) is 2.40. The molecule has 0 aliphatic carbocycles. The summed E-state index contributed by atoms with van der Waals surface area (Å²) in [6.07, 6.45) is 0.297. The third kappa shape index (κ3) is 5.29. The van der Waals surface area contributed by atoms with Crippen molar-refractivity contribution in [3.63, 3.8) is 0 Å². The molecule has 0 heterocycles. The molecule has 1 unspecified atom stereocenters. The number of hydrogen-bond acceptors (Lipinski definition) is 4. The van der Waals surface area contributed by atoms with Crippen molar-refractivity contribution in [2.75, 3.05) is 31.8 Å². The van der Waals surface area contributed by atoms with Crippen molar-refractivity contribution < 1.29 is 14.6 Å². The Morgan fingerprint density at radius 1 is 1.28 bits per heavy atom. The predicted molar refractivity (Wildman–Crippen MR) is 76.4 cm³/mol. The second-order valence-electron chi connectivity index (χ2n) is 3.88. The van der Waals surface area contributed by atoms with Crippen molar-refractivity contribution in [3.05, 3.63) is 29.8 Å². The first-order valence-electron chi connectivity index (χ1n) is 6.26. The average molecular weight is 270 g/mol. The number of aliphatic hydroxyl groups excluding tert-OH is 1. The van der Waals surface area contributed by atoms with Crippen molar-refractivity contribution >= 4 is 11.8 Å². The maximum atomic E-state index is 10.2. The Labute approximate surface area is 113 Å². The highest BCUT2D eigenvalue weighted by atomic mass is 32.2. The van der Waals surface area contributed by atoms with E-state index in [4.69, 9.17) is 9.47 Å². The number of ether oxygens (including phenoxy) is 2. The van der Waals surface area contributed by atoms with Crippen LogP contribution >= 0.6 is 11.8 Å². The molecule has 0 aromatic heterocycles. The van der Waals surface area contributed by atoms with Crippen LogP contribution in [-0.4, -0.2) is 36.9 Å². The summed E-state index contributed by atoms with van der Waals surface area (Å²) in [5, 5.41) is 10.2. The summed E-state index contributed by atoms with van der Waals surface area (Å²) < 4.78 is 10.6. The lowest BCUT2D eigenvalue weighted by Gasteiger charge is -2.15. The van der Waals surface area contributed by atoms with Crippen LogP contribution in [0.4, 0.5) is 0 Å². The van der Waals surface area contributed by atoms with Crippen molar-refractivity contribution in [2.24, 2.45) is 0 Å². The number of thioether (sulfide) groups is 1. The van der Waals surface area contributed by atoms with E-state index < -0.39 is 6.10 Å². The molecule has 0 spiro atoms. The first kappa shape index (κ1) is 15.3. The number of para-hydroxylation sites is 1. The molecule has 0 radical (unpaired) electrons. The van der Waals surface area contributed by atoms with Gasteiger partial charge in [0.2, 0.25) is 0 Å². The standard InChI is InChI=1S/C14H22O3S/c1-3-18-11-8-13(15)12-6-4-5-7-14(12)17-10-9-16-2/h4-7,13,15H,3,8-11H2,1-2H3. The summed E-state index contributed by atoms with van der Waals surface area (Å²) in [6.45, 7) is 3.18. The van der Waals surface area contributed by atoms with Gasteiger partial charge in [-0.05, 0) is 24.0 Å². The van der Waals surface area contributed by atoms with Crippen molar-refractivity contribution in [1.82, 2.24) is 0 Å². The quantitative estimate of drug-likeness (QED) is 0.700. The molecule has 1 rings (SSSR count). The first-order chi connectivity index (χ1) is 8.79. The third-order valence-electron chi connectivity index (χ3n) is 2.56. The number of benzene rings is 1. The zero-order valence-electron chi connectivity index (χ0n) is 11.1. The predicted octanol–water partition coefficient (Wildman–Crippen LogP) is 2.89. The highest BCUT2D eigenvalue weighted by molar-refractivity contribution is 7.99. The summed E-state index contributed by atoms with van der Waals surface area (Å²) in [7, 11) is 1.64. The van der Waals surface area contributed by atoms with E-state index in [1.165, 1.54) is 0 Å². The number of methoxy groups -OCH3 is 1. The molecule has 0 amide bonds. The molecule has 0 bridgehead atoms. The van der Waals surface area contributed by atoms with Crippen LogP contribution in [0.5, 0.6) is 5.75 Å². The second kappa shape index (κ2) is 9.25. The van der Waals surface area contributed by atoms with Crippen LogP contribution in [0, 0.1) is 0 Å². The molecule has 1 aromatic carbocycles. The fourth-order valence-corrected chi connectivity index (χ4v) is 2.30. The Kier molecular flexibility index (Phi) is 7.89. The maximum Gasteiger partial charge on any atom is 0.125 e. The van der Waals surface area contributed by atoms with Crippen LogP contribution in [0.25, 0.3) is 0 Å². The van der Waals surface area contributed by atoms with Gasteiger partial charge in [-0.15, -0.1) is 0 Å². The van der Waals surface area contributed by atoms with E-state index in [-0.39, 0.29) is 0 Å². The zero-order valence-corrected chi connectivity index (χ0v) is 11.9. The number of aliphatic hydroxyl groups is 1. The highest BCUT2D eigenvalue weighted by Crippen LogP contribution is 2.28. The fourth-order valence-electron chi connectivity index (χ4n) is 1.62. The molecular formula is C14H22O3S. The van der Waals surface area contributed by atoms with Crippen LogP contribution < -0.4 is 4.74 Å². The van der Waals surface area contributed by atoms with Crippen LogP contribution in [0.1, 0.15) is 25.0 Å². The molecule has 3 nitrogen and oxygen atoms in total. The fraction of sp³-hybridized carbons (Fsp3) is 0.571. The lowest BCUT2D eigenvalue weighted by atomic mass is 10.1. The van der Waals surface area contributed by atoms with E-state index >= 15 is 0 Å². The van der Waals surface area contributed by atoms with E-state index in [1.54, 1.807) is 7.11 Å². The van der Waals surface area contributed by atoms with Gasteiger partial charge in [-0.1, -0.05) is 25.1 Å². The maximum absolute atomic E-state index is 10.2. The molecule has 0 aliphatic rings. The topological polar surface area (TPSA) is 38.7 Å². The molecule has 18 heavy (non-hydrogen) atoms. The monoisotopic (exact) mass is 270 g/mol. The van der Waals surface area contributed by atoms with Gasteiger partial charge in [-0.2, -0.15) is 11.8 Å². The minimum atomic E-state index is -0.456. The van der Waals surface area contributed by atoms with Gasteiger partial charge >= 0.3 is 0 Å². The van der Waals surface area contributed by atoms with Gasteiger partial charge in [-0.3, -0.25) is 0 Å². The second-order valence-corrected chi connectivity index (χ2v) is 5.27. The first-order valence-corrected chi connectivity index (χ1v) is 7.41. The van der Waals surface area contributed by atoms with E-state index in [9.17, 15) is 5.11 Å². The Morgan fingerprint density at radius 3 is 2.78 bits per heavy atom. The van der Waals surface area contributed by atoms with Gasteiger partial charge in [0, 0.05) is 12.7 Å². The zero-order chi connectivity index (χ0) is 13.2. The molecule has 102 valence electrons. The third-order valence-corrected chi connectivity index (χ3v) is 3.50. The Morgan fingerprint density at radius 2 is 2.06 bits per heavy atom. The van der Waals surface area contributed by atoms with E-state index in [1.807, 2.05) is 36.0 Å². The minimum absolute atomic E-state index is 0.456. The molecule has 0 fully saturated rings. The lowest BCUT2D eigenvalue weighted by Crippen LogP contribution is -2.08. The van der Waals surface area contributed by atoms with Gasteiger partial charge in [0.05, 0.1) is 12.7 Å². The largest absolute Gasteiger partial charge is 0.491 e. The summed E-state index contributed by atoms with van der Waals surface area (Å²) >= 11 is 1.84. The summed E-state index contributed by atoms with van der Waals surface area (Å²) in [5.74, 6) is 2.80. The van der Waals surface area contributed by atoms with Gasteiger partial charge < -0.3 is 14.6 Å². The van der Waals surface area contributed by atoms with Gasteiger partial charge in [0.25, 0.3) is 0 Å². The van der Waals surface area contributed by atoms with Crippen LogP contribution in [0.3, 0.4) is 0 Å². The Balaban J connectivity index is 2.56. The van der Waals surface area contributed by atoms with Crippen molar-refractivity contribution in [2.45, 2.75) is 19.4 Å². The van der Waals surface area contributed by atoms with E-state index in [0.29, 0.717) is 13.2 Å². The van der Waals surface area contributed by atoms with Gasteiger partial charge in [0.15, 0.2) is 0 Å². The van der Waals surface area contributed by atoms with E-state index in [2.05, 4.69) is 6.92 Å². The van der Waals surface area contributed by atoms with Crippen molar-refractivity contribution in [3.8, 4) is 5.75 Å². The molecule has 0 saturated carbocycles. The Bertz CT molecular complexity index is 331. The highest BCUT2D eigenvalue weighted by Gasteiger charge is 2.12. The summed E-state index contributed by atoms with van der Waals surface area (Å²) in [4.78, 5) is 0. The van der Waals surface area contributed by atoms with E-state index in [0.717, 1.165) is 29.2 Å². The molecule has 1 aromatic rings. The van der Waals surface area contributed by atoms with Crippen LogP contribution in [-0.2, 0) is 4.74 Å². The molecule has 4 heteroatoms. The minimum Gasteiger partial charge on any atom is -0.491 e. The lowest BCUT2D eigenvalue weighted by molar-refractivity contribution is 0.138. The summed E-state index contributed by atoms with van der Waals surface area (Å²) in [5.41, 5.74) is 0.866. The number of rotatable bonds is 9. The van der Waals surface area contributed by atoms with Crippen LogP contribution in [0.15, 0.2) is 24.3 Å². The molecular weight excluding hydrogens is 248 g/mol. The molecule has 1 N–H and O–H groups in total. The molecule has 0 saturated heterocycles. The molecule has 0 aliphatic heterocycles. The van der Waals surface area contributed by atoms with Crippen molar-refractivity contribution in [1.29, 1.82) is 0 Å². The SMILES string of the molecule is CCSCCC(O)c1ccccc1OCCOC. The van der Waals surface area contributed by atoms with Gasteiger partial charge in [-0.25, -0.2) is 0 Å². The number of hydrogen-bond donors (Lipinski definition) is 1. The normalized spacial score (nSPS) is 12.4. The Hall–Kier alpha value is -0.710. The van der Waals surface area contributed by atoms with Crippen LogP contribution in [0.2, 0.25) is 0 Å². The molecule has 1 atom stereocenters. The summed E-state index contributed by atoms with van der Waals surface area (Å²) in [6, 6.07) is 7.65. The smallest absolute Gasteiger partial charge is 0.125 e. The van der Waals surface area contributed by atoms with Gasteiger partial charge in [0.1, 0.15) is 12.4 Å².